The third-order valence-electron chi connectivity index (χ3n) is 1.43. The van der Waals surface area contributed by atoms with Gasteiger partial charge >= 0.3 is 5.97 Å². The van der Waals surface area contributed by atoms with Gasteiger partial charge in [-0.05, 0) is 22.0 Å². The van der Waals surface area contributed by atoms with Crippen LogP contribution in [-0.2, 0) is 0 Å². The lowest BCUT2D eigenvalue weighted by atomic mass is 10.1. The Labute approximate surface area is 80.3 Å². The van der Waals surface area contributed by atoms with Gasteiger partial charge in [-0.15, -0.1) is 0 Å². The average Bonchev–Trinajstić information content (AvgIpc) is 2.07. The second-order valence-electron chi connectivity index (χ2n) is 2.25. The molecule has 1 rings (SSSR count). The molecule has 70 valence electrons. The standard InChI is InChI=1S/C7H4BrF2NO2/c8-4-3(9)1-2(7(12)13)6(11)5(4)10/h1H,11H2,(H,12,13). The minimum atomic E-state index is -1.47. The van der Waals surface area contributed by atoms with Gasteiger partial charge in [0.15, 0.2) is 5.82 Å². The van der Waals surface area contributed by atoms with E-state index in [-0.39, 0.29) is 0 Å². The number of nitrogens with two attached hydrogens (primary N) is 1. The summed E-state index contributed by atoms with van der Waals surface area (Å²) >= 11 is 2.59. The molecule has 3 N–H and O–H groups in total. The lowest BCUT2D eigenvalue weighted by Crippen LogP contribution is -2.06. The molecule has 0 bridgehead atoms. The van der Waals surface area contributed by atoms with Gasteiger partial charge in [-0.25, -0.2) is 13.6 Å². The molecule has 1 aromatic rings. The maximum absolute atomic E-state index is 12.9. The number of nitrogen functional groups attached to an aromatic ring is 1. The van der Waals surface area contributed by atoms with Crippen LogP contribution in [0.1, 0.15) is 10.4 Å². The Morgan fingerprint density at radius 1 is 1.54 bits per heavy atom. The van der Waals surface area contributed by atoms with Gasteiger partial charge in [0.05, 0.1) is 15.7 Å². The number of rotatable bonds is 1. The summed E-state index contributed by atoms with van der Waals surface area (Å²) in [5.74, 6) is -3.57. The summed E-state index contributed by atoms with van der Waals surface area (Å²) in [5, 5.41) is 8.48. The fourth-order valence-corrected chi connectivity index (χ4v) is 1.11. The quantitative estimate of drug-likeness (QED) is 0.593. The maximum Gasteiger partial charge on any atom is 0.338 e. The van der Waals surface area contributed by atoms with Crippen LogP contribution >= 0.6 is 15.9 Å². The van der Waals surface area contributed by atoms with Gasteiger partial charge < -0.3 is 10.8 Å². The van der Waals surface area contributed by atoms with Gasteiger partial charge in [0.2, 0.25) is 0 Å². The van der Waals surface area contributed by atoms with E-state index in [1.807, 2.05) is 0 Å². The molecule has 0 aliphatic carbocycles. The van der Waals surface area contributed by atoms with Crippen molar-refractivity contribution in [2.24, 2.45) is 0 Å². The normalized spacial score (nSPS) is 10.1. The zero-order valence-electron chi connectivity index (χ0n) is 6.14. The first-order valence-electron chi connectivity index (χ1n) is 3.11. The highest BCUT2D eigenvalue weighted by atomic mass is 79.9. The third-order valence-corrected chi connectivity index (χ3v) is 2.16. The summed E-state index contributed by atoms with van der Waals surface area (Å²) in [6.07, 6.45) is 0. The molecule has 3 nitrogen and oxygen atoms in total. The summed E-state index contributed by atoms with van der Waals surface area (Å²) in [4.78, 5) is 10.4. The lowest BCUT2D eigenvalue weighted by molar-refractivity contribution is 0.0697. The van der Waals surface area contributed by atoms with Crippen LogP contribution in [0, 0.1) is 11.6 Å². The molecular weight excluding hydrogens is 248 g/mol. The van der Waals surface area contributed by atoms with E-state index in [4.69, 9.17) is 10.8 Å². The van der Waals surface area contributed by atoms with E-state index < -0.39 is 33.3 Å². The molecule has 0 saturated carbocycles. The van der Waals surface area contributed by atoms with Gasteiger partial charge in [0.25, 0.3) is 0 Å². The van der Waals surface area contributed by atoms with Gasteiger partial charge in [-0.1, -0.05) is 0 Å². The van der Waals surface area contributed by atoms with E-state index in [2.05, 4.69) is 15.9 Å². The van der Waals surface area contributed by atoms with Crippen molar-refractivity contribution in [1.29, 1.82) is 0 Å². The highest BCUT2D eigenvalue weighted by molar-refractivity contribution is 9.10. The molecular formula is C7H4BrF2NO2. The first-order chi connectivity index (χ1) is 5.95. The Hall–Kier alpha value is -1.17. The second-order valence-corrected chi connectivity index (χ2v) is 3.05. The SMILES string of the molecule is Nc1c(C(=O)O)cc(F)c(Br)c1F. The van der Waals surface area contributed by atoms with Gasteiger partial charge in [0, 0.05) is 0 Å². The van der Waals surface area contributed by atoms with Crippen LogP contribution in [0.4, 0.5) is 14.5 Å². The Kier molecular flexibility index (Phi) is 2.51. The third kappa shape index (κ3) is 1.62. The summed E-state index contributed by atoms with van der Waals surface area (Å²) in [6.45, 7) is 0. The van der Waals surface area contributed by atoms with Crippen molar-refractivity contribution in [3.63, 3.8) is 0 Å². The molecule has 0 amide bonds. The summed E-state index contributed by atoms with van der Waals surface area (Å²) in [6, 6.07) is 0.658. The van der Waals surface area contributed by atoms with E-state index in [1.165, 1.54) is 0 Å². The van der Waals surface area contributed by atoms with E-state index in [0.29, 0.717) is 6.07 Å². The molecule has 0 atom stereocenters. The molecule has 0 unspecified atom stereocenters. The van der Waals surface area contributed by atoms with Crippen molar-refractivity contribution in [3.05, 3.63) is 27.7 Å². The predicted molar refractivity (Wildman–Crippen MR) is 45.4 cm³/mol. The fraction of sp³-hybridized carbons (Fsp3) is 0. The molecule has 6 heteroatoms. The van der Waals surface area contributed by atoms with Crippen molar-refractivity contribution in [2.45, 2.75) is 0 Å². The number of aromatic carboxylic acids is 1. The number of carbonyl (C=O) groups is 1. The molecule has 0 aliphatic heterocycles. The van der Waals surface area contributed by atoms with E-state index in [9.17, 15) is 13.6 Å². The Bertz CT molecular complexity index is 381. The number of carboxylic acid groups (broad SMARTS) is 1. The molecule has 0 saturated heterocycles. The van der Waals surface area contributed by atoms with Crippen molar-refractivity contribution >= 4 is 27.6 Å². The maximum atomic E-state index is 12.9. The summed E-state index contributed by atoms with van der Waals surface area (Å²) in [5.41, 5.74) is 3.93. The molecule has 0 aliphatic rings. The van der Waals surface area contributed by atoms with Gasteiger partial charge in [-0.2, -0.15) is 0 Å². The first-order valence-corrected chi connectivity index (χ1v) is 3.90. The highest BCUT2D eigenvalue weighted by Gasteiger charge is 2.18. The number of anilines is 1. The minimum absolute atomic E-state index is 0.463. The number of benzene rings is 1. The molecule has 0 fully saturated rings. The second kappa shape index (κ2) is 3.29. The van der Waals surface area contributed by atoms with Crippen LogP contribution in [-0.4, -0.2) is 11.1 Å². The summed E-state index contributed by atoms with van der Waals surface area (Å²) in [7, 11) is 0. The van der Waals surface area contributed by atoms with Crippen LogP contribution in [0.2, 0.25) is 0 Å². The number of halogens is 3. The van der Waals surface area contributed by atoms with Gasteiger partial charge in [0.1, 0.15) is 5.82 Å². The van der Waals surface area contributed by atoms with Crippen LogP contribution in [0.15, 0.2) is 10.5 Å². The largest absolute Gasteiger partial charge is 0.478 e. The van der Waals surface area contributed by atoms with Gasteiger partial charge in [-0.3, -0.25) is 0 Å². The monoisotopic (exact) mass is 251 g/mol. The number of carboxylic acids is 1. The fourth-order valence-electron chi connectivity index (χ4n) is 0.786. The van der Waals surface area contributed by atoms with Crippen molar-refractivity contribution < 1.29 is 18.7 Å². The molecule has 1 aromatic carbocycles. The topological polar surface area (TPSA) is 63.3 Å². The molecule has 0 radical (unpaired) electrons. The average molecular weight is 252 g/mol. The van der Waals surface area contributed by atoms with E-state index in [0.717, 1.165) is 0 Å². The Morgan fingerprint density at radius 2 is 2.08 bits per heavy atom. The van der Waals surface area contributed by atoms with E-state index in [1.54, 1.807) is 0 Å². The van der Waals surface area contributed by atoms with E-state index >= 15 is 0 Å². The number of hydrogen-bond donors (Lipinski definition) is 2. The first kappa shape index (κ1) is 9.91. The Balaban J connectivity index is 3.50. The molecule has 0 spiro atoms. The molecule has 0 aromatic heterocycles. The zero-order chi connectivity index (χ0) is 10.2. The Morgan fingerprint density at radius 3 is 2.54 bits per heavy atom. The number of hydrogen-bond acceptors (Lipinski definition) is 2. The summed E-state index contributed by atoms with van der Waals surface area (Å²) < 4.78 is 25.2. The lowest BCUT2D eigenvalue weighted by Gasteiger charge is -2.04. The predicted octanol–water partition coefficient (Wildman–Crippen LogP) is 2.01. The molecule has 13 heavy (non-hydrogen) atoms. The minimum Gasteiger partial charge on any atom is -0.478 e. The smallest absolute Gasteiger partial charge is 0.338 e. The molecule has 0 heterocycles. The van der Waals surface area contributed by atoms with Crippen molar-refractivity contribution in [2.75, 3.05) is 5.73 Å². The van der Waals surface area contributed by atoms with Crippen LogP contribution in [0.25, 0.3) is 0 Å². The highest BCUT2D eigenvalue weighted by Crippen LogP contribution is 2.27. The van der Waals surface area contributed by atoms with Crippen LogP contribution < -0.4 is 5.73 Å². The van der Waals surface area contributed by atoms with Crippen LogP contribution in [0.3, 0.4) is 0 Å². The van der Waals surface area contributed by atoms with Crippen molar-refractivity contribution in [1.82, 2.24) is 0 Å². The van der Waals surface area contributed by atoms with Crippen molar-refractivity contribution in [3.8, 4) is 0 Å². The zero-order valence-corrected chi connectivity index (χ0v) is 7.73. The van der Waals surface area contributed by atoms with Crippen LogP contribution in [0.5, 0.6) is 0 Å².